The Kier molecular flexibility index (Phi) is 43.1. The number of rotatable bonds is 55. The average molecular weight is 1690 g/mol. The van der Waals surface area contributed by atoms with Gasteiger partial charge in [-0.15, -0.1) is 0 Å². The smallest absolute Gasteiger partial charge is 0.327 e. The van der Waals surface area contributed by atoms with E-state index in [1.807, 2.05) is 0 Å². The molecule has 0 saturated carbocycles. The van der Waals surface area contributed by atoms with Crippen LogP contribution in [0.4, 0.5) is 11.6 Å². The highest BCUT2D eigenvalue weighted by Gasteiger charge is 2.40. The molecule has 0 spiro atoms. The van der Waals surface area contributed by atoms with Crippen molar-refractivity contribution in [1.29, 1.82) is 0 Å². The maximum absolute atomic E-state index is 14.8. The summed E-state index contributed by atoms with van der Waals surface area (Å²) in [7, 11) is 0. The first-order valence-electron chi connectivity index (χ1n) is 36.5. The molecule has 656 valence electrons. The van der Waals surface area contributed by atoms with Gasteiger partial charge in [0.1, 0.15) is 91.2 Å². The number of nitrogens with one attached hydrogen (secondary N) is 12. The number of aliphatic hydroxyl groups excluding tert-OH is 15. The predicted octanol–water partition coefficient (Wildman–Crippen LogP) is -12.4. The number of aromatic nitrogens is 4. The van der Waals surface area contributed by atoms with Gasteiger partial charge < -0.3 is 156 Å². The van der Waals surface area contributed by atoms with Crippen LogP contribution in [0, 0.1) is 0 Å². The lowest BCUT2D eigenvalue weighted by atomic mass is 10.0. The Bertz CT molecular complexity index is 3870. The molecule has 0 unspecified atom stereocenters. The molecule has 3 rings (SSSR count). The van der Waals surface area contributed by atoms with Gasteiger partial charge in [-0.1, -0.05) is 0 Å². The molecule has 117 heavy (non-hydrogen) atoms. The summed E-state index contributed by atoms with van der Waals surface area (Å²) in [5.41, 5.74) is 5.94. The molecular weight excluding hydrogens is 1580 g/mol. The number of anilines is 2. The number of carbonyl (C=O) groups excluding carboxylic acids is 10. The van der Waals surface area contributed by atoms with Crippen LogP contribution in [0.2, 0.25) is 0 Å². The maximum Gasteiger partial charge on any atom is 0.327 e. The first kappa shape index (κ1) is 101. The summed E-state index contributed by atoms with van der Waals surface area (Å²) in [5, 5.41) is 205. The summed E-state index contributed by atoms with van der Waals surface area (Å²) in [4.78, 5) is 203. The topological polar surface area (TPSA) is 816 Å². The van der Waals surface area contributed by atoms with Gasteiger partial charge in [0.2, 0.25) is 59.1 Å². The predicted molar refractivity (Wildman–Crippen MR) is 403 cm³/mol. The number of fused-ring (bicyclic) bond motifs is 1. The van der Waals surface area contributed by atoms with Crippen LogP contribution in [0.15, 0.2) is 35.3 Å². The van der Waals surface area contributed by atoms with Crippen LogP contribution in [-0.4, -0.2) is 349 Å². The molecule has 19 atom stereocenters. The van der Waals surface area contributed by atoms with Crippen LogP contribution in [-0.2, 0) is 64.1 Å². The van der Waals surface area contributed by atoms with Gasteiger partial charge in [0.25, 0.3) is 11.5 Å². The number of aliphatic hydroxyl groups is 15. The Morgan fingerprint density at radius 2 is 0.838 bits per heavy atom. The van der Waals surface area contributed by atoms with Crippen molar-refractivity contribution in [3.8, 4) is 0 Å². The molecule has 0 aliphatic heterocycles. The molecule has 1 aromatic carbocycles. The van der Waals surface area contributed by atoms with Crippen molar-refractivity contribution >= 4 is 112 Å². The monoisotopic (exact) mass is 1690 g/mol. The quantitative estimate of drug-likeness (QED) is 0.0233. The minimum atomic E-state index is -2.22. The summed E-state index contributed by atoms with van der Waals surface area (Å²) in [6.07, 6.45) is -32.8. The van der Waals surface area contributed by atoms with Crippen LogP contribution in [0.5, 0.6) is 0 Å². The highest BCUT2D eigenvalue weighted by atomic mass is 32.1. The van der Waals surface area contributed by atoms with Gasteiger partial charge in [-0.3, -0.25) is 67.3 Å². The first-order valence-corrected chi connectivity index (χ1v) is 36.9. The van der Waals surface area contributed by atoms with Crippen molar-refractivity contribution in [2.24, 2.45) is 0 Å². The van der Waals surface area contributed by atoms with Crippen LogP contribution >= 0.6 is 12.6 Å². The number of amides is 10. The number of aromatic amines is 1. The Balaban J connectivity index is 2.05. The van der Waals surface area contributed by atoms with Gasteiger partial charge in [0.15, 0.2) is 11.2 Å². The fourth-order valence-corrected chi connectivity index (χ4v) is 10.9. The van der Waals surface area contributed by atoms with Crippen molar-refractivity contribution in [1.82, 2.24) is 73.1 Å². The second-order valence-corrected chi connectivity index (χ2v) is 28.9. The maximum atomic E-state index is 14.8. The van der Waals surface area contributed by atoms with E-state index in [0.717, 1.165) is 0 Å². The van der Waals surface area contributed by atoms with E-state index in [4.69, 9.17) is 10.8 Å². The van der Waals surface area contributed by atoms with E-state index in [1.165, 1.54) is 39.1 Å². The number of carbonyl (C=O) groups is 13. The largest absolute Gasteiger partial charge is 0.481 e. The summed E-state index contributed by atoms with van der Waals surface area (Å²) >= 11 is 4.23. The number of benzene rings is 1. The average Bonchev–Trinajstić information content (AvgIpc) is 0.812. The number of aliphatic carboxylic acids is 3. The van der Waals surface area contributed by atoms with Crippen molar-refractivity contribution in [2.75, 3.05) is 50.5 Å². The molecule has 0 aliphatic carbocycles. The standard InChI is InChI=1S/C68H106N16O32S/c1-29(75-59(108)30-8-10-31(11-9-30)70-21-32-22-74-58-50(76-32)65(114)84-67(69)83-58)7-16-47(97)77-34(12-17-44(94)71-23-38(88)51(102)54(105)41(91)26-85)61(110)81-37(15-20-49(100)101)63(112)79-35(13-18-45(95)72-24-39(89)52(103)55(106)42(92)27-86)62(111)78-33(5-4-6-48(98)99)60(109)80-36(64(113)82-57(66(115)116)68(2,3)117)14-19-46(96)73-25-40(90)53(104)56(107)43(93)28-87/h8-11,22,29,33-43,51-57,70,85-93,102-107,117H,4-7,12-21,23-28H2,1-3H3,(H,71,94)(H,72,95)(H,73,96)(H,75,108)(H,77,97)(H,78,111)(H,79,112)(H,80,109)(H,81,110)(H,82,113)(H,98,99)(H,100,101)(H,115,116)(H3,69,74,83,84,114)/t29-,33+,34+,35+,36+,37+,38+,39+,40+,41-,42-,43-,51-,52-,53-,54-,55-,56-,57-/m1/s1. The van der Waals surface area contributed by atoms with E-state index in [-0.39, 0.29) is 35.6 Å². The number of hydrogen-bond donors (Lipinski definition) is 32. The summed E-state index contributed by atoms with van der Waals surface area (Å²) in [6, 6.07) is -6.88. The number of thiol groups is 1. The number of carboxylic acids is 3. The highest BCUT2D eigenvalue weighted by molar-refractivity contribution is 7.81. The van der Waals surface area contributed by atoms with Crippen molar-refractivity contribution < 1.29 is 154 Å². The SMILES string of the molecule is C[C@H](CCC(=O)N[C@@H](CCC(=O)NC[C@H](O)[C@@H](O)[C@H](O)[C@H](O)CO)C(=O)N[C@@H](CCC(=O)O)C(=O)N[C@@H](CCC(=O)NC[C@H](O)[C@@H](O)[C@H](O)[C@H](O)CO)C(=O)N[C@@H](CCCC(=O)O)C(=O)N[C@@H](CCC(=O)NC[C@H](O)[C@@H](O)[C@H](O)[C@H](O)CO)C(=O)N[C@H](C(=O)O)C(C)(C)S)NC(=O)c1ccc(NCc2cnc3nc(N)[nH]c(=O)c3n2)cc1. The molecule has 10 amide bonds. The number of carboxylic acid groups (broad SMARTS) is 3. The van der Waals surface area contributed by atoms with Crippen molar-refractivity contribution in [2.45, 2.75) is 231 Å². The minimum absolute atomic E-state index is 0.0241. The van der Waals surface area contributed by atoms with Crippen LogP contribution in [0.1, 0.15) is 120 Å². The Morgan fingerprint density at radius 3 is 1.22 bits per heavy atom. The minimum Gasteiger partial charge on any atom is -0.481 e. The summed E-state index contributed by atoms with van der Waals surface area (Å²) in [6.45, 7) is -1.68. The van der Waals surface area contributed by atoms with E-state index in [1.54, 1.807) is 12.1 Å². The zero-order chi connectivity index (χ0) is 88.3. The van der Waals surface area contributed by atoms with E-state index in [0.29, 0.717) is 11.4 Å². The molecular formula is C68H106N16O32S. The third-order valence-electron chi connectivity index (χ3n) is 17.7. The van der Waals surface area contributed by atoms with Gasteiger partial charge in [-0.25, -0.2) is 14.8 Å². The van der Waals surface area contributed by atoms with Crippen molar-refractivity contribution in [3.05, 3.63) is 52.1 Å². The van der Waals surface area contributed by atoms with Crippen molar-refractivity contribution in [3.63, 3.8) is 0 Å². The molecule has 3 aromatic rings. The molecule has 48 nitrogen and oxygen atoms in total. The third-order valence-corrected chi connectivity index (χ3v) is 18.0. The van der Waals surface area contributed by atoms with Crippen LogP contribution < -0.4 is 69.8 Å². The first-order chi connectivity index (χ1) is 54.8. The zero-order valence-corrected chi connectivity index (χ0v) is 64.5. The molecule has 2 aromatic heterocycles. The lowest BCUT2D eigenvalue weighted by molar-refractivity contribution is -0.143. The lowest BCUT2D eigenvalue weighted by Crippen LogP contribution is -2.60. The molecule has 49 heteroatoms. The van der Waals surface area contributed by atoms with Crippen LogP contribution in [0.3, 0.4) is 0 Å². The van der Waals surface area contributed by atoms with E-state index >= 15 is 0 Å². The van der Waals surface area contributed by atoms with Gasteiger partial charge in [-0.2, -0.15) is 17.6 Å². The third kappa shape index (κ3) is 35.3. The van der Waals surface area contributed by atoms with Gasteiger partial charge in [-0.05, 0) is 90.0 Å². The van der Waals surface area contributed by atoms with Gasteiger partial charge in [0.05, 0.1) is 56.6 Å². The molecule has 32 N–H and O–H groups in total. The van der Waals surface area contributed by atoms with E-state index in [2.05, 4.69) is 91.0 Å². The lowest BCUT2D eigenvalue weighted by Gasteiger charge is -2.30. The summed E-state index contributed by atoms with van der Waals surface area (Å²) in [5.74, 6) is -16.7. The Morgan fingerprint density at radius 1 is 0.470 bits per heavy atom. The molecule has 0 aliphatic rings. The van der Waals surface area contributed by atoms with E-state index < -0.39 is 319 Å². The van der Waals surface area contributed by atoms with Gasteiger partial charge >= 0.3 is 17.9 Å². The Labute approximate surface area is 671 Å². The fourth-order valence-electron chi connectivity index (χ4n) is 10.7. The normalized spacial score (nSPS) is 16.5. The zero-order valence-electron chi connectivity index (χ0n) is 63.6. The number of hydrogen-bond acceptors (Lipinski definition) is 35. The van der Waals surface area contributed by atoms with E-state index in [9.17, 15) is 154 Å². The fraction of sp³-hybridized carbons (Fsp3) is 0.632. The second-order valence-electron chi connectivity index (χ2n) is 27.8. The molecule has 0 radical (unpaired) electrons. The number of nitrogens with two attached hydrogens (primary N) is 1. The number of nitrogen functional groups attached to an aromatic ring is 1. The number of H-pyrrole nitrogens is 1. The molecule has 0 fully saturated rings. The van der Waals surface area contributed by atoms with Gasteiger partial charge in [0, 0.05) is 80.2 Å². The molecule has 0 bridgehead atoms. The molecule has 0 saturated heterocycles. The molecule has 2 heterocycles. The Hall–Kier alpha value is -10.1. The number of nitrogens with zero attached hydrogens (tertiary/aromatic N) is 3. The summed E-state index contributed by atoms with van der Waals surface area (Å²) < 4.78 is -1.57. The highest BCUT2D eigenvalue weighted by Crippen LogP contribution is 2.20. The van der Waals surface area contributed by atoms with Crippen LogP contribution in [0.25, 0.3) is 11.2 Å². The second kappa shape index (κ2) is 49.8.